The lowest BCUT2D eigenvalue weighted by Gasteiger charge is -2.23. The molecule has 1 aromatic carbocycles. The molecule has 8 heteroatoms. The minimum Gasteiger partial charge on any atom is -0.357 e. The Bertz CT molecular complexity index is 607. The average molecular weight is 377 g/mol. The fourth-order valence-electron chi connectivity index (χ4n) is 2.57. The minimum absolute atomic E-state index is 0.280. The van der Waals surface area contributed by atoms with Crippen LogP contribution in [0.3, 0.4) is 0 Å². The zero-order valence-corrected chi connectivity index (χ0v) is 16.0. The molecule has 1 aromatic rings. The number of carbonyl (C=O) groups excluding carboxylic acids is 3. The lowest BCUT2D eigenvalue weighted by atomic mass is 10.0. The van der Waals surface area contributed by atoms with Gasteiger partial charge in [-0.1, -0.05) is 30.3 Å². The largest absolute Gasteiger partial charge is 0.357 e. The van der Waals surface area contributed by atoms with Crippen molar-refractivity contribution in [2.24, 2.45) is 11.5 Å². The molecule has 3 atom stereocenters. The Morgan fingerprint density at radius 1 is 0.963 bits per heavy atom. The normalized spacial score (nSPS) is 13.9. The van der Waals surface area contributed by atoms with Gasteiger partial charge in [-0.25, -0.2) is 0 Å². The highest BCUT2D eigenvalue weighted by Crippen LogP contribution is 2.06. The van der Waals surface area contributed by atoms with Crippen LogP contribution in [0.1, 0.15) is 31.7 Å². The predicted molar refractivity (Wildman–Crippen MR) is 105 cm³/mol. The Kier molecular flexibility index (Phi) is 10.1. The van der Waals surface area contributed by atoms with Crippen molar-refractivity contribution in [3.8, 4) is 0 Å². The monoisotopic (exact) mass is 377 g/mol. The van der Waals surface area contributed by atoms with E-state index in [-0.39, 0.29) is 5.91 Å². The second kappa shape index (κ2) is 12.0. The molecule has 0 fully saturated rings. The first-order valence-electron chi connectivity index (χ1n) is 9.21. The van der Waals surface area contributed by atoms with Crippen LogP contribution in [0.15, 0.2) is 30.3 Å². The van der Waals surface area contributed by atoms with Gasteiger partial charge in [-0.05, 0) is 38.3 Å². The number of unbranched alkanes of at least 4 members (excludes halogenated alkanes) is 1. The van der Waals surface area contributed by atoms with Crippen LogP contribution < -0.4 is 27.4 Å². The molecule has 0 radical (unpaired) electrons. The number of hydrogen-bond acceptors (Lipinski definition) is 5. The molecule has 0 saturated heterocycles. The lowest BCUT2D eigenvalue weighted by molar-refractivity contribution is -0.132. The highest BCUT2D eigenvalue weighted by Gasteiger charge is 2.27. The van der Waals surface area contributed by atoms with Crippen LogP contribution in [0.2, 0.25) is 0 Å². The number of rotatable bonds is 11. The Morgan fingerprint density at radius 3 is 2.15 bits per heavy atom. The van der Waals surface area contributed by atoms with Crippen molar-refractivity contribution in [3.05, 3.63) is 35.9 Å². The first kappa shape index (κ1) is 22.6. The molecule has 0 aliphatic heterocycles. The maximum atomic E-state index is 12.8. The SMILES string of the molecule is CNC(=O)C(CCCCN)NC(=O)[C@@H](Cc1ccccc1)NC(=O)[C@H](C)N. The molecule has 0 aromatic heterocycles. The van der Waals surface area contributed by atoms with Gasteiger partial charge in [0, 0.05) is 13.5 Å². The third-order valence-electron chi connectivity index (χ3n) is 4.16. The second-order valence-electron chi connectivity index (χ2n) is 6.50. The third-order valence-corrected chi connectivity index (χ3v) is 4.16. The molecular formula is C19H31N5O3. The van der Waals surface area contributed by atoms with Crippen LogP contribution in [-0.2, 0) is 20.8 Å². The molecular weight excluding hydrogens is 346 g/mol. The predicted octanol–water partition coefficient (Wildman–Crippen LogP) is -0.579. The van der Waals surface area contributed by atoms with E-state index in [0.717, 1.165) is 12.0 Å². The van der Waals surface area contributed by atoms with Gasteiger partial charge in [-0.2, -0.15) is 0 Å². The molecule has 0 spiro atoms. The van der Waals surface area contributed by atoms with Gasteiger partial charge in [0.25, 0.3) is 0 Å². The van der Waals surface area contributed by atoms with Crippen LogP contribution in [0.25, 0.3) is 0 Å². The van der Waals surface area contributed by atoms with Gasteiger partial charge in [0.15, 0.2) is 0 Å². The summed E-state index contributed by atoms with van der Waals surface area (Å²) in [5.41, 5.74) is 12.0. The standard InChI is InChI=1S/C19H31N5O3/c1-13(21)17(25)24-16(12-14-8-4-3-5-9-14)19(27)23-15(18(26)22-2)10-6-7-11-20/h3-5,8-9,13,15-16H,6-7,10-12,20-21H2,1-2H3,(H,22,26)(H,23,27)(H,24,25)/t13-,15?,16+/m0/s1. The Hall–Kier alpha value is -2.45. The maximum absolute atomic E-state index is 12.8. The van der Waals surface area contributed by atoms with Crippen LogP contribution >= 0.6 is 0 Å². The zero-order valence-electron chi connectivity index (χ0n) is 16.0. The lowest BCUT2D eigenvalue weighted by Crippen LogP contribution is -2.55. The number of hydrogen-bond donors (Lipinski definition) is 5. The van der Waals surface area contributed by atoms with Gasteiger partial charge in [0.2, 0.25) is 17.7 Å². The van der Waals surface area contributed by atoms with E-state index < -0.39 is 29.9 Å². The summed E-state index contributed by atoms with van der Waals surface area (Å²) in [5, 5.41) is 7.96. The van der Waals surface area contributed by atoms with Crippen molar-refractivity contribution in [2.75, 3.05) is 13.6 Å². The number of likely N-dealkylation sites (N-methyl/N-ethyl adjacent to an activating group) is 1. The van der Waals surface area contributed by atoms with E-state index >= 15 is 0 Å². The first-order chi connectivity index (χ1) is 12.9. The molecule has 1 unspecified atom stereocenters. The third kappa shape index (κ3) is 8.19. The van der Waals surface area contributed by atoms with Crippen molar-refractivity contribution in [1.82, 2.24) is 16.0 Å². The summed E-state index contributed by atoms with van der Waals surface area (Å²) >= 11 is 0. The summed E-state index contributed by atoms with van der Waals surface area (Å²) in [6.45, 7) is 2.07. The van der Waals surface area contributed by atoms with Crippen molar-refractivity contribution < 1.29 is 14.4 Å². The highest BCUT2D eigenvalue weighted by atomic mass is 16.2. The van der Waals surface area contributed by atoms with Crippen molar-refractivity contribution in [2.45, 2.75) is 50.7 Å². The van der Waals surface area contributed by atoms with Crippen molar-refractivity contribution in [3.63, 3.8) is 0 Å². The summed E-state index contributed by atoms with van der Waals surface area (Å²) in [6.07, 6.45) is 2.25. The van der Waals surface area contributed by atoms with E-state index in [4.69, 9.17) is 11.5 Å². The molecule has 0 aliphatic carbocycles. The maximum Gasteiger partial charge on any atom is 0.243 e. The van der Waals surface area contributed by atoms with E-state index in [9.17, 15) is 14.4 Å². The van der Waals surface area contributed by atoms with Gasteiger partial charge in [-0.15, -0.1) is 0 Å². The summed E-state index contributed by atoms with van der Waals surface area (Å²) in [5.74, 6) is -1.13. The van der Waals surface area contributed by atoms with Crippen molar-refractivity contribution in [1.29, 1.82) is 0 Å². The first-order valence-corrected chi connectivity index (χ1v) is 9.21. The minimum atomic E-state index is -0.826. The summed E-state index contributed by atoms with van der Waals surface area (Å²) in [7, 11) is 1.52. The average Bonchev–Trinajstić information content (AvgIpc) is 2.66. The van der Waals surface area contributed by atoms with E-state index in [1.165, 1.54) is 7.05 Å². The van der Waals surface area contributed by atoms with Gasteiger partial charge in [0.05, 0.1) is 6.04 Å². The molecule has 0 bridgehead atoms. The topological polar surface area (TPSA) is 139 Å². The van der Waals surface area contributed by atoms with E-state index in [1.54, 1.807) is 6.92 Å². The van der Waals surface area contributed by atoms with E-state index in [2.05, 4.69) is 16.0 Å². The molecule has 0 aliphatic rings. The number of nitrogens with two attached hydrogens (primary N) is 2. The molecule has 0 saturated carbocycles. The second-order valence-corrected chi connectivity index (χ2v) is 6.50. The molecule has 0 heterocycles. The summed E-state index contributed by atoms with van der Waals surface area (Å²) in [4.78, 5) is 36.9. The molecule has 7 N–H and O–H groups in total. The Balaban J connectivity index is 2.88. The van der Waals surface area contributed by atoms with Crippen molar-refractivity contribution >= 4 is 17.7 Å². The quantitative estimate of drug-likeness (QED) is 0.328. The molecule has 8 nitrogen and oxygen atoms in total. The summed E-state index contributed by atoms with van der Waals surface area (Å²) < 4.78 is 0. The number of benzene rings is 1. The van der Waals surface area contributed by atoms with Gasteiger partial charge < -0.3 is 27.4 Å². The number of carbonyl (C=O) groups is 3. The molecule has 150 valence electrons. The summed E-state index contributed by atoms with van der Waals surface area (Å²) in [6, 6.07) is 7.09. The highest BCUT2D eigenvalue weighted by molar-refractivity contribution is 5.93. The van der Waals surface area contributed by atoms with Gasteiger partial charge in [0.1, 0.15) is 12.1 Å². The van der Waals surface area contributed by atoms with Gasteiger partial charge >= 0.3 is 0 Å². The number of amides is 3. The van der Waals surface area contributed by atoms with E-state index in [0.29, 0.717) is 25.8 Å². The smallest absolute Gasteiger partial charge is 0.243 e. The number of nitrogens with one attached hydrogen (secondary N) is 3. The molecule has 1 rings (SSSR count). The van der Waals surface area contributed by atoms with E-state index in [1.807, 2.05) is 30.3 Å². The van der Waals surface area contributed by atoms with Gasteiger partial charge in [-0.3, -0.25) is 14.4 Å². The fourth-order valence-corrected chi connectivity index (χ4v) is 2.57. The van der Waals surface area contributed by atoms with Crippen LogP contribution in [0, 0.1) is 0 Å². The van der Waals surface area contributed by atoms with Crippen LogP contribution in [0.4, 0.5) is 0 Å². The Labute approximate surface area is 160 Å². The Morgan fingerprint density at radius 2 is 1.59 bits per heavy atom. The van der Waals surface area contributed by atoms with Crippen LogP contribution in [-0.4, -0.2) is 49.4 Å². The molecule has 27 heavy (non-hydrogen) atoms. The fraction of sp³-hybridized carbons (Fsp3) is 0.526. The zero-order chi connectivity index (χ0) is 20.2. The molecule has 3 amide bonds. The van der Waals surface area contributed by atoms with Crippen LogP contribution in [0.5, 0.6) is 0 Å².